The molecule has 3 saturated heterocycles. The van der Waals surface area contributed by atoms with Crippen molar-refractivity contribution in [1.29, 1.82) is 0 Å². The predicted octanol–water partition coefficient (Wildman–Crippen LogP) is -0.631. The van der Waals surface area contributed by atoms with Crippen molar-refractivity contribution in [2.24, 2.45) is 5.92 Å². The number of rotatable bonds is 16. The van der Waals surface area contributed by atoms with Crippen LogP contribution >= 0.6 is 0 Å². The molecule has 3 aliphatic rings. The molecule has 6 atom stereocenters. The molecule has 1 aromatic heterocycles. The SMILES string of the molecule is CC1CC(=O)N(CCOCCOCCOCCOC[C@@]23CO[C@H](O2)[C@H](Nc2ccco2)[C@@H](O)[C@H]3O)C1=O. The fourth-order valence-electron chi connectivity index (χ4n) is 4.51. The standard InChI is InChI=1S/C24H36N2O11/c1-16-13-18(27)26(22(16)30)4-6-31-7-8-32-9-10-33-11-12-34-14-24-15-36-23(37-24)19(20(28)21(24)29)25-17-3-2-5-35-17/h2-3,5,16,19-21,23,25,28-29H,4,6-15H2,1H3/t16?,19-,20-,21-,23-,24+/m1/s1. The minimum atomic E-state index is -1.21. The fraction of sp³-hybridized carbons (Fsp3) is 0.750. The third-order valence-corrected chi connectivity index (χ3v) is 6.59. The topological polar surface area (TPSA) is 158 Å². The Kier molecular flexibility index (Phi) is 9.90. The van der Waals surface area contributed by atoms with Crippen molar-refractivity contribution in [1.82, 2.24) is 4.90 Å². The van der Waals surface area contributed by atoms with Crippen molar-refractivity contribution in [3.05, 3.63) is 18.4 Å². The molecule has 2 bridgehead atoms. The number of imide groups is 1. The number of carbonyl (C=O) groups is 2. The van der Waals surface area contributed by atoms with Gasteiger partial charge >= 0.3 is 0 Å². The quantitative estimate of drug-likeness (QED) is 0.185. The molecular weight excluding hydrogens is 492 g/mol. The summed E-state index contributed by atoms with van der Waals surface area (Å²) in [6.07, 6.45) is -1.33. The zero-order chi connectivity index (χ0) is 26.3. The number of amides is 2. The molecular formula is C24H36N2O11. The lowest BCUT2D eigenvalue weighted by Crippen LogP contribution is -2.64. The van der Waals surface area contributed by atoms with Gasteiger partial charge in [0.05, 0.1) is 72.3 Å². The Morgan fingerprint density at radius 3 is 2.35 bits per heavy atom. The molecule has 0 spiro atoms. The highest BCUT2D eigenvalue weighted by atomic mass is 16.8. The summed E-state index contributed by atoms with van der Waals surface area (Å²) in [7, 11) is 0. The van der Waals surface area contributed by atoms with Gasteiger partial charge in [-0.2, -0.15) is 0 Å². The van der Waals surface area contributed by atoms with Crippen LogP contribution in [0.4, 0.5) is 5.88 Å². The lowest BCUT2D eigenvalue weighted by molar-refractivity contribution is -0.230. The number of aliphatic hydroxyl groups excluding tert-OH is 2. The molecule has 13 heteroatoms. The molecule has 3 fully saturated rings. The van der Waals surface area contributed by atoms with Crippen LogP contribution in [0.3, 0.4) is 0 Å². The minimum absolute atomic E-state index is 0.0416. The maximum atomic E-state index is 11.8. The molecule has 4 heterocycles. The van der Waals surface area contributed by atoms with E-state index in [1.54, 1.807) is 19.1 Å². The van der Waals surface area contributed by atoms with Crippen molar-refractivity contribution in [3.63, 3.8) is 0 Å². The van der Waals surface area contributed by atoms with E-state index in [1.807, 2.05) is 0 Å². The first-order valence-corrected chi connectivity index (χ1v) is 12.5. The number of likely N-dealkylation sites (tertiary alicyclic amines) is 1. The third kappa shape index (κ3) is 6.86. The second-order valence-electron chi connectivity index (χ2n) is 9.32. The first-order chi connectivity index (χ1) is 17.9. The number of fused-ring (bicyclic) bond motifs is 2. The van der Waals surface area contributed by atoms with Crippen molar-refractivity contribution in [2.45, 2.75) is 43.5 Å². The van der Waals surface area contributed by atoms with E-state index in [4.69, 9.17) is 32.8 Å². The Labute approximate surface area is 214 Å². The van der Waals surface area contributed by atoms with E-state index < -0.39 is 30.1 Å². The number of carbonyl (C=O) groups excluding carboxylic acids is 2. The van der Waals surface area contributed by atoms with Gasteiger partial charge in [-0.1, -0.05) is 6.92 Å². The molecule has 208 valence electrons. The van der Waals surface area contributed by atoms with Crippen LogP contribution in [0, 0.1) is 5.92 Å². The molecule has 0 aromatic carbocycles. The van der Waals surface area contributed by atoms with Gasteiger partial charge in [-0.25, -0.2) is 0 Å². The summed E-state index contributed by atoms with van der Waals surface area (Å²) >= 11 is 0. The summed E-state index contributed by atoms with van der Waals surface area (Å²) in [6, 6.07) is 2.72. The minimum Gasteiger partial charge on any atom is -0.449 e. The van der Waals surface area contributed by atoms with E-state index in [0.717, 1.165) is 0 Å². The molecule has 0 saturated carbocycles. The van der Waals surface area contributed by atoms with Crippen LogP contribution in [0.1, 0.15) is 13.3 Å². The van der Waals surface area contributed by atoms with Crippen LogP contribution in [0.5, 0.6) is 0 Å². The lowest BCUT2D eigenvalue weighted by Gasteiger charge is -2.42. The number of ether oxygens (including phenoxy) is 6. The smallest absolute Gasteiger partial charge is 0.232 e. The van der Waals surface area contributed by atoms with Crippen LogP contribution in [-0.2, 0) is 38.0 Å². The molecule has 1 unspecified atom stereocenters. The monoisotopic (exact) mass is 528 g/mol. The van der Waals surface area contributed by atoms with Gasteiger partial charge in [-0.05, 0) is 6.07 Å². The first kappa shape index (κ1) is 27.9. The fourth-order valence-corrected chi connectivity index (χ4v) is 4.51. The highest BCUT2D eigenvalue weighted by Gasteiger charge is 2.59. The Balaban J connectivity index is 0.999. The lowest BCUT2D eigenvalue weighted by atomic mass is 9.88. The first-order valence-electron chi connectivity index (χ1n) is 12.5. The van der Waals surface area contributed by atoms with E-state index in [9.17, 15) is 19.8 Å². The van der Waals surface area contributed by atoms with E-state index in [-0.39, 0.29) is 57.1 Å². The van der Waals surface area contributed by atoms with Gasteiger partial charge in [-0.3, -0.25) is 14.5 Å². The zero-order valence-corrected chi connectivity index (χ0v) is 20.9. The zero-order valence-electron chi connectivity index (χ0n) is 20.9. The van der Waals surface area contributed by atoms with Crippen LogP contribution in [0.15, 0.2) is 22.8 Å². The Morgan fingerprint density at radius 1 is 1.05 bits per heavy atom. The highest BCUT2D eigenvalue weighted by Crippen LogP contribution is 2.38. The molecule has 1 aromatic rings. The molecule has 0 radical (unpaired) electrons. The molecule has 3 aliphatic heterocycles. The number of hydrogen-bond acceptors (Lipinski definition) is 12. The van der Waals surface area contributed by atoms with Crippen LogP contribution in [-0.4, -0.2) is 123 Å². The number of aliphatic hydroxyl groups is 2. The van der Waals surface area contributed by atoms with Crippen molar-refractivity contribution >= 4 is 17.7 Å². The summed E-state index contributed by atoms with van der Waals surface area (Å²) < 4.78 is 38.8. The van der Waals surface area contributed by atoms with Crippen LogP contribution in [0.2, 0.25) is 0 Å². The molecule has 37 heavy (non-hydrogen) atoms. The average molecular weight is 529 g/mol. The van der Waals surface area contributed by atoms with E-state index in [2.05, 4.69) is 5.32 Å². The van der Waals surface area contributed by atoms with Gasteiger partial charge in [0.25, 0.3) is 0 Å². The number of nitrogens with zero attached hydrogens (tertiary/aromatic N) is 1. The summed E-state index contributed by atoms with van der Waals surface area (Å²) in [5.74, 6) is -0.0894. The summed E-state index contributed by atoms with van der Waals surface area (Å²) in [4.78, 5) is 24.8. The number of anilines is 1. The van der Waals surface area contributed by atoms with Gasteiger partial charge in [0.15, 0.2) is 12.2 Å². The van der Waals surface area contributed by atoms with Gasteiger partial charge in [0, 0.05) is 18.4 Å². The highest BCUT2D eigenvalue weighted by molar-refractivity contribution is 6.03. The third-order valence-electron chi connectivity index (χ3n) is 6.59. The predicted molar refractivity (Wildman–Crippen MR) is 125 cm³/mol. The Morgan fingerprint density at radius 2 is 1.73 bits per heavy atom. The second-order valence-corrected chi connectivity index (χ2v) is 9.32. The molecule has 3 N–H and O–H groups in total. The molecule has 13 nitrogen and oxygen atoms in total. The molecule has 2 amide bonds. The van der Waals surface area contributed by atoms with E-state index in [0.29, 0.717) is 38.9 Å². The number of furan rings is 1. The van der Waals surface area contributed by atoms with Gasteiger partial charge in [0.2, 0.25) is 11.8 Å². The Bertz CT molecular complexity index is 869. The Hall–Kier alpha value is -2.10. The number of hydrogen-bond donors (Lipinski definition) is 3. The average Bonchev–Trinajstić information content (AvgIpc) is 3.60. The van der Waals surface area contributed by atoms with Crippen molar-refractivity contribution in [3.8, 4) is 0 Å². The van der Waals surface area contributed by atoms with Crippen molar-refractivity contribution in [2.75, 3.05) is 71.3 Å². The van der Waals surface area contributed by atoms with Crippen LogP contribution < -0.4 is 5.32 Å². The summed E-state index contributed by atoms with van der Waals surface area (Å²) in [5, 5.41) is 24.3. The normalized spacial score (nSPS) is 31.4. The van der Waals surface area contributed by atoms with E-state index >= 15 is 0 Å². The van der Waals surface area contributed by atoms with Crippen LogP contribution in [0.25, 0.3) is 0 Å². The van der Waals surface area contributed by atoms with Gasteiger partial charge in [-0.15, -0.1) is 0 Å². The number of nitrogens with one attached hydrogen (secondary N) is 1. The van der Waals surface area contributed by atoms with Gasteiger partial charge in [0.1, 0.15) is 23.9 Å². The maximum Gasteiger partial charge on any atom is 0.232 e. The maximum absolute atomic E-state index is 11.8. The summed E-state index contributed by atoms with van der Waals surface area (Å²) in [6.45, 7) is 4.48. The van der Waals surface area contributed by atoms with Crippen molar-refractivity contribution < 1.29 is 52.6 Å². The van der Waals surface area contributed by atoms with Gasteiger partial charge < -0.3 is 48.4 Å². The summed E-state index contributed by atoms with van der Waals surface area (Å²) in [5.41, 5.74) is -1.15. The van der Waals surface area contributed by atoms with E-state index in [1.165, 1.54) is 11.2 Å². The molecule has 0 aliphatic carbocycles. The molecule has 4 rings (SSSR count). The second kappa shape index (κ2) is 13.1. The largest absolute Gasteiger partial charge is 0.449 e.